The first kappa shape index (κ1) is 12.6. The molecule has 1 fully saturated rings. The van der Waals surface area contributed by atoms with Crippen LogP contribution in [0.15, 0.2) is 0 Å². The molecule has 17 heavy (non-hydrogen) atoms. The van der Waals surface area contributed by atoms with E-state index >= 15 is 0 Å². The number of nitrogens with zero attached hydrogens (tertiary/aromatic N) is 3. The lowest BCUT2D eigenvalue weighted by Gasteiger charge is -2.36. The largest absolute Gasteiger partial charge is 0.379 e. The summed E-state index contributed by atoms with van der Waals surface area (Å²) in [5.74, 6) is 1.54. The molecule has 6 heteroatoms. The van der Waals surface area contributed by atoms with Gasteiger partial charge in [-0.15, -0.1) is 5.10 Å². The normalized spacial score (nSPS) is 25.2. The number of aromatic nitrogens is 3. The number of nitrogens with one attached hydrogen (secondary N) is 1. The van der Waals surface area contributed by atoms with E-state index in [2.05, 4.69) is 28.9 Å². The van der Waals surface area contributed by atoms with Crippen LogP contribution in [0.3, 0.4) is 0 Å². The number of anilines is 1. The lowest BCUT2D eigenvalue weighted by molar-refractivity contribution is 0.0492. The summed E-state index contributed by atoms with van der Waals surface area (Å²) in [7, 11) is 1.78. The Kier molecular flexibility index (Phi) is 3.83. The average molecular weight is 256 g/mol. The van der Waals surface area contributed by atoms with Crippen molar-refractivity contribution in [2.45, 2.75) is 32.9 Å². The van der Waals surface area contributed by atoms with E-state index in [0.717, 1.165) is 32.0 Å². The topological polar surface area (TPSA) is 46.1 Å². The Morgan fingerprint density at radius 1 is 1.59 bits per heavy atom. The molecule has 0 spiro atoms. The highest BCUT2D eigenvalue weighted by atomic mass is 32.1. The van der Waals surface area contributed by atoms with Gasteiger partial charge in [0.1, 0.15) is 0 Å². The number of piperidine rings is 1. The van der Waals surface area contributed by atoms with Crippen LogP contribution in [0.1, 0.15) is 20.3 Å². The summed E-state index contributed by atoms with van der Waals surface area (Å²) in [5.41, 5.74) is 0. The van der Waals surface area contributed by atoms with Gasteiger partial charge >= 0.3 is 0 Å². The van der Waals surface area contributed by atoms with Crippen molar-refractivity contribution in [3.63, 3.8) is 0 Å². The molecule has 0 amide bonds. The first-order valence-corrected chi connectivity index (χ1v) is 6.51. The van der Waals surface area contributed by atoms with Crippen LogP contribution in [-0.2, 0) is 11.3 Å². The van der Waals surface area contributed by atoms with Crippen LogP contribution in [0.4, 0.5) is 5.95 Å². The minimum Gasteiger partial charge on any atom is -0.379 e. The Hall–Kier alpha value is -0.880. The van der Waals surface area contributed by atoms with Gasteiger partial charge in [0.05, 0.1) is 6.10 Å². The van der Waals surface area contributed by atoms with E-state index in [9.17, 15) is 0 Å². The molecule has 1 aliphatic heterocycles. The van der Waals surface area contributed by atoms with Gasteiger partial charge in [-0.1, -0.05) is 6.92 Å². The van der Waals surface area contributed by atoms with Crippen LogP contribution in [-0.4, -0.2) is 41.1 Å². The molecule has 1 N–H and O–H groups in total. The molecule has 2 rings (SSSR count). The van der Waals surface area contributed by atoms with Crippen molar-refractivity contribution in [3.05, 3.63) is 4.77 Å². The number of methoxy groups -OCH3 is 1. The highest BCUT2D eigenvalue weighted by Crippen LogP contribution is 2.23. The molecular formula is C11H20N4OS. The quantitative estimate of drug-likeness (QED) is 0.838. The van der Waals surface area contributed by atoms with Gasteiger partial charge in [0.15, 0.2) is 4.77 Å². The van der Waals surface area contributed by atoms with Crippen molar-refractivity contribution in [2.24, 2.45) is 5.92 Å². The molecule has 0 aliphatic carbocycles. The third-order valence-electron chi connectivity index (χ3n) is 3.53. The Bertz CT molecular complexity index is 427. The number of aromatic amines is 1. The van der Waals surface area contributed by atoms with Gasteiger partial charge in [-0.25, -0.2) is 5.10 Å². The second-order valence-electron chi connectivity index (χ2n) is 4.56. The van der Waals surface area contributed by atoms with Crippen molar-refractivity contribution in [2.75, 3.05) is 25.1 Å². The molecule has 0 saturated carbocycles. The van der Waals surface area contributed by atoms with Gasteiger partial charge < -0.3 is 9.64 Å². The minimum absolute atomic E-state index is 0.277. The number of H-pyrrole nitrogens is 1. The van der Waals surface area contributed by atoms with Crippen LogP contribution in [0, 0.1) is 10.7 Å². The lowest BCUT2D eigenvalue weighted by Crippen LogP contribution is -2.45. The molecule has 1 aromatic heterocycles. The summed E-state index contributed by atoms with van der Waals surface area (Å²) in [6, 6.07) is 0. The molecular weight excluding hydrogens is 236 g/mol. The fraction of sp³-hybridized carbons (Fsp3) is 0.818. The first-order valence-electron chi connectivity index (χ1n) is 6.10. The van der Waals surface area contributed by atoms with Gasteiger partial charge in [0.25, 0.3) is 0 Å². The second-order valence-corrected chi connectivity index (χ2v) is 4.95. The van der Waals surface area contributed by atoms with Gasteiger partial charge in [-0.2, -0.15) is 0 Å². The summed E-state index contributed by atoms with van der Waals surface area (Å²) in [6.07, 6.45) is 1.40. The van der Waals surface area contributed by atoms with Gasteiger partial charge in [0.2, 0.25) is 5.95 Å². The van der Waals surface area contributed by atoms with Crippen molar-refractivity contribution < 1.29 is 4.74 Å². The Morgan fingerprint density at radius 3 is 3.00 bits per heavy atom. The summed E-state index contributed by atoms with van der Waals surface area (Å²) < 4.78 is 8.24. The zero-order valence-electron chi connectivity index (χ0n) is 10.6. The van der Waals surface area contributed by atoms with Crippen molar-refractivity contribution in [3.8, 4) is 0 Å². The molecule has 2 unspecified atom stereocenters. The maximum Gasteiger partial charge on any atom is 0.225 e. The van der Waals surface area contributed by atoms with Gasteiger partial charge in [0, 0.05) is 26.7 Å². The molecule has 0 radical (unpaired) electrons. The smallest absolute Gasteiger partial charge is 0.225 e. The molecule has 96 valence electrons. The number of ether oxygens (including phenoxy) is 1. The molecule has 1 aromatic rings. The van der Waals surface area contributed by atoms with E-state index in [4.69, 9.17) is 17.0 Å². The fourth-order valence-corrected chi connectivity index (χ4v) is 2.61. The SMILES string of the molecule is CCn1c(N2CCC(C)C(OC)C2)n[nH]c1=S. The van der Waals surface area contributed by atoms with E-state index in [1.807, 2.05) is 4.57 Å². The Balaban J connectivity index is 2.20. The van der Waals surface area contributed by atoms with E-state index in [-0.39, 0.29) is 6.10 Å². The maximum atomic E-state index is 5.52. The predicted molar refractivity (Wildman–Crippen MR) is 69.9 cm³/mol. The van der Waals surface area contributed by atoms with Crippen LogP contribution < -0.4 is 4.90 Å². The van der Waals surface area contributed by atoms with Crippen molar-refractivity contribution in [1.29, 1.82) is 0 Å². The average Bonchev–Trinajstić information content (AvgIpc) is 2.71. The molecule has 1 aliphatic rings. The minimum atomic E-state index is 0.277. The summed E-state index contributed by atoms with van der Waals surface area (Å²) >= 11 is 5.21. The number of hydrogen-bond acceptors (Lipinski definition) is 4. The third-order valence-corrected chi connectivity index (χ3v) is 3.84. The van der Waals surface area contributed by atoms with Crippen LogP contribution in [0.2, 0.25) is 0 Å². The molecule has 0 aromatic carbocycles. The highest BCUT2D eigenvalue weighted by molar-refractivity contribution is 7.71. The number of hydrogen-bond donors (Lipinski definition) is 1. The van der Waals surface area contributed by atoms with Crippen LogP contribution >= 0.6 is 12.2 Å². The molecule has 2 atom stereocenters. The van der Waals surface area contributed by atoms with Gasteiger partial charge in [-0.3, -0.25) is 4.57 Å². The number of rotatable bonds is 3. The molecule has 1 saturated heterocycles. The first-order chi connectivity index (χ1) is 8.17. The zero-order valence-corrected chi connectivity index (χ0v) is 11.5. The van der Waals surface area contributed by atoms with Crippen molar-refractivity contribution >= 4 is 18.2 Å². The maximum absolute atomic E-state index is 5.52. The summed E-state index contributed by atoms with van der Waals surface area (Å²) in [4.78, 5) is 2.25. The summed E-state index contributed by atoms with van der Waals surface area (Å²) in [5, 5.41) is 7.18. The van der Waals surface area contributed by atoms with Crippen LogP contribution in [0.25, 0.3) is 0 Å². The van der Waals surface area contributed by atoms with Crippen molar-refractivity contribution in [1.82, 2.24) is 14.8 Å². The third kappa shape index (κ3) is 2.37. The van der Waals surface area contributed by atoms with E-state index in [0.29, 0.717) is 10.7 Å². The molecule has 0 bridgehead atoms. The van der Waals surface area contributed by atoms with Gasteiger partial charge in [-0.05, 0) is 31.5 Å². The van der Waals surface area contributed by atoms with E-state index in [1.165, 1.54) is 0 Å². The monoisotopic (exact) mass is 256 g/mol. The van der Waals surface area contributed by atoms with E-state index in [1.54, 1.807) is 7.11 Å². The second kappa shape index (κ2) is 5.18. The zero-order chi connectivity index (χ0) is 12.4. The highest BCUT2D eigenvalue weighted by Gasteiger charge is 2.28. The van der Waals surface area contributed by atoms with Crippen LogP contribution in [0.5, 0.6) is 0 Å². The fourth-order valence-electron chi connectivity index (χ4n) is 2.36. The molecule has 2 heterocycles. The predicted octanol–water partition coefficient (Wildman–Crippen LogP) is 1.82. The standard InChI is InChI=1S/C11H20N4OS/c1-4-15-10(12-13-11(15)17)14-6-5-8(2)9(7-14)16-3/h8-9H,4-7H2,1-3H3,(H,13,17). The van der Waals surface area contributed by atoms with E-state index < -0.39 is 0 Å². The Labute approximate surface area is 107 Å². The lowest BCUT2D eigenvalue weighted by atomic mass is 9.96. The summed E-state index contributed by atoms with van der Waals surface area (Å²) in [6.45, 7) is 7.06. The molecule has 5 nitrogen and oxygen atoms in total. The Morgan fingerprint density at radius 2 is 2.35 bits per heavy atom.